The number of esters is 1. The second-order valence-corrected chi connectivity index (χ2v) is 6.09. The van der Waals surface area contributed by atoms with E-state index in [2.05, 4.69) is 5.32 Å². The number of hydrogen-bond acceptors (Lipinski definition) is 5. The van der Waals surface area contributed by atoms with Crippen LogP contribution in [0.5, 0.6) is 5.75 Å². The van der Waals surface area contributed by atoms with Crippen LogP contribution in [0.1, 0.15) is 45.6 Å². The van der Waals surface area contributed by atoms with Gasteiger partial charge in [-0.1, -0.05) is 36.3 Å². The molecule has 2 aromatic carbocycles. The van der Waals surface area contributed by atoms with Gasteiger partial charge in [-0.05, 0) is 24.1 Å². The number of fused-ring (bicyclic) bond motifs is 1. The van der Waals surface area contributed by atoms with Crippen molar-refractivity contribution < 1.29 is 36.2 Å². The second kappa shape index (κ2) is 7.49. The Morgan fingerprint density at radius 1 is 1.33 bits per heavy atom. The molecule has 7 nitrogen and oxygen atoms in total. The summed E-state index contributed by atoms with van der Waals surface area (Å²) in [4.78, 5) is 36.6. The zero-order valence-electron chi connectivity index (χ0n) is 19.3. The molecule has 0 spiro atoms. The van der Waals surface area contributed by atoms with Crippen molar-refractivity contribution in [1.82, 2.24) is 5.32 Å². The van der Waals surface area contributed by atoms with E-state index in [1.807, 2.05) is 0 Å². The number of rotatable bonds is 5. The molecule has 7 heteroatoms. The molecular weight excluding hydrogens is 350 g/mol. The molecule has 0 saturated carbocycles. The number of hydrogen-bond donors (Lipinski definition) is 3. The first-order valence-corrected chi connectivity index (χ1v) is 8.09. The Kier molecular flexibility index (Phi) is 3.58. The zero-order chi connectivity index (χ0) is 23.9. The number of carboxylic acids is 1. The molecule has 3 rings (SSSR count). The van der Waals surface area contributed by atoms with Crippen LogP contribution >= 0.6 is 0 Å². The molecule has 0 bridgehead atoms. The van der Waals surface area contributed by atoms with Gasteiger partial charge in [0.15, 0.2) is 0 Å². The van der Waals surface area contributed by atoms with Gasteiger partial charge in [0.1, 0.15) is 23.5 Å². The van der Waals surface area contributed by atoms with Gasteiger partial charge in [-0.3, -0.25) is 4.79 Å². The summed E-state index contributed by atoms with van der Waals surface area (Å²) in [5, 5.41) is 22.2. The molecule has 0 aliphatic carbocycles. The van der Waals surface area contributed by atoms with Crippen molar-refractivity contribution in [3.05, 3.63) is 64.6 Å². The van der Waals surface area contributed by atoms with E-state index >= 15 is 0 Å². The van der Waals surface area contributed by atoms with E-state index < -0.39 is 72.4 Å². The van der Waals surface area contributed by atoms with Crippen molar-refractivity contribution in [3.8, 4) is 5.75 Å². The van der Waals surface area contributed by atoms with Gasteiger partial charge in [0.25, 0.3) is 5.91 Å². The number of amides is 1. The van der Waals surface area contributed by atoms with Crippen LogP contribution in [0.25, 0.3) is 0 Å². The highest BCUT2D eigenvalue weighted by Crippen LogP contribution is 2.31. The minimum atomic E-state index is -1.67. The van der Waals surface area contributed by atoms with Gasteiger partial charge < -0.3 is 20.3 Å². The largest absolute Gasteiger partial charge is 0.506 e. The molecule has 0 radical (unpaired) electrons. The highest BCUT2D eigenvalue weighted by atomic mass is 16.5. The average molecular weight is 374 g/mol. The summed E-state index contributed by atoms with van der Waals surface area (Å²) in [6, 6.07) is -2.00. The maximum Gasteiger partial charge on any atom is 0.342 e. The van der Waals surface area contributed by atoms with E-state index in [9.17, 15) is 24.6 Å². The lowest BCUT2D eigenvalue weighted by molar-refractivity contribution is -0.139. The fourth-order valence-electron chi connectivity index (χ4n) is 2.83. The van der Waals surface area contributed by atoms with Crippen LogP contribution in [0.15, 0.2) is 42.3 Å². The van der Waals surface area contributed by atoms with E-state index in [1.165, 1.54) is 12.1 Å². The Balaban J connectivity index is 1.92. The van der Waals surface area contributed by atoms with Crippen molar-refractivity contribution in [3.63, 3.8) is 0 Å². The Morgan fingerprint density at radius 3 is 2.70 bits per heavy atom. The highest BCUT2D eigenvalue weighted by Gasteiger charge is 2.30. The maximum absolute atomic E-state index is 12.7. The lowest BCUT2D eigenvalue weighted by Gasteiger charge is -2.23. The molecule has 1 heterocycles. The van der Waals surface area contributed by atoms with Gasteiger partial charge in [-0.25, -0.2) is 9.59 Å². The minimum absolute atomic E-state index is 0.173. The predicted molar refractivity (Wildman–Crippen MR) is 95.7 cm³/mol. The van der Waals surface area contributed by atoms with Gasteiger partial charge in [0.05, 0.1) is 12.4 Å². The molecule has 2 aromatic rings. The lowest BCUT2D eigenvalue weighted by atomic mass is 9.95. The molecule has 27 heavy (non-hydrogen) atoms. The average Bonchev–Trinajstić information content (AvgIpc) is 2.72. The molecule has 0 fully saturated rings. The highest BCUT2D eigenvalue weighted by molar-refractivity contribution is 6.04. The monoisotopic (exact) mass is 374 g/mol. The first kappa shape index (κ1) is 12.9. The van der Waals surface area contributed by atoms with Crippen LogP contribution in [-0.2, 0) is 22.4 Å². The SMILES string of the molecule is [2H]c1c([2H])c([2H])c(C[C@@H](NC(=O)c2ccc3c(c2O)C(=O)O[C@H](C)C3)C(=O)O)c([2H])c1[2H]. The van der Waals surface area contributed by atoms with Crippen molar-refractivity contribution in [2.24, 2.45) is 0 Å². The first-order chi connectivity index (χ1) is 14.9. The summed E-state index contributed by atoms with van der Waals surface area (Å²) in [5.74, 6) is -3.99. The molecular formula is C20H19NO6. The van der Waals surface area contributed by atoms with Gasteiger partial charge in [-0.2, -0.15) is 0 Å². The summed E-state index contributed by atoms with van der Waals surface area (Å²) < 4.78 is 43.9. The number of aromatic hydroxyl groups is 1. The van der Waals surface area contributed by atoms with Crippen LogP contribution in [0.2, 0.25) is 0 Å². The van der Waals surface area contributed by atoms with Crippen molar-refractivity contribution in [2.45, 2.75) is 31.9 Å². The van der Waals surface area contributed by atoms with Crippen LogP contribution in [0, 0.1) is 0 Å². The molecule has 2 atom stereocenters. The summed E-state index contributed by atoms with van der Waals surface area (Å²) in [6.07, 6.45) is -0.659. The van der Waals surface area contributed by atoms with Crippen LogP contribution in [-0.4, -0.2) is 40.2 Å². The normalized spacial score (nSPS) is 19.4. The Labute approximate surface area is 162 Å². The van der Waals surface area contributed by atoms with E-state index in [4.69, 9.17) is 11.6 Å². The number of carboxylic acid groups (broad SMARTS) is 1. The van der Waals surface area contributed by atoms with Crippen LogP contribution in [0.3, 0.4) is 0 Å². The topological polar surface area (TPSA) is 113 Å². The Hall–Kier alpha value is -3.35. The van der Waals surface area contributed by atoms with Gasteiger partial charge in [0, 0.05) is 12.8 Å². The number of nitrogens with one attached hydrogen (secondary N) is 1. The van der Waals surface area contributed by atoms with E-state index in [-0.39, 0.29) is 16.7 Å². The minimum Gasteiger partial charge on any atom is -0.506 e. The molecule has 140 valence electrons. The molecule has 1 amide bonds. The number of carbonyl (C=O) groups excluding carboxylic acids is 2. The third-order valence-corrected chi connectivity index (χ3v) is 4.09. The Bertz CT molecular complexity index is 1120. The quantitative estimate of drug-likeness (QED) is 0.689. The Morgan fingerprint density at radius 2 is 2.04 bits per heavy atom. The molecule has 1 aliphatic heterocycles. The fraction of sp³-hybridized carbons (Fsp3) is 0.250. The number of ether oxygens (including phenoxy) is 1. The molecule has 0 saturated heterocycles. The fourth-order valence-corrected chi connectivity index (χ4v) is 2.83. The van der Waals surface area contributed by atoms with E-state index in [1.54, 1.807) is 6.92 Å². The lowest BCUT2D eigenvalue weighted by Crippen LogP contribution is -2.42. The van der Waals surface area contributed by atoms with Gasteiger partial charge in [0.2, 0.25) is 0 Å². The maximum atomic E-state index is 12.7. The number of benzene rings is 2. The van der Waals surface area contributed by atoms with Crippen LogP contribution < -0.4 is 5.32 Å². The number of cyclic esters (lactones) is 1. The number of phenolic OH excluding ortho intramolecular Hbond substituents is 1. The standard InChI is InChI=1S/C20H19NO6/c1-11-9-13-7-8-14(17(22)16(13)20(26)27-11)18(23)21-15(19(24)25)10-12-5-3-2-4-6-12/h2-8,11,15,22H,9-10H2,1H3,(H,21,23)(H,24,25)/t11-,15-/m1/s1/i2D,3D,4D,5D,6D. The third-order valence-electron chi connectivity index (χ3n) is 4.09. The van der Waals surface area contributed by atoms with Crippen LogP contribution in [0.4, 0.5) is 0 Å². The molecule has 1 aliphatic rings. The van der Waals surface area contributed by atoms with Crippen molar-refractivity contribution in [2.75, 3.05) is 0 Å². The predicted octanol–water partition coefficient (Wildman–Crippen LogP) is 1.92. The van der Waals surface area contributed by atoms with Gasteiger partial charge in [-0.15, -0.1) is 0 Å². The summed E-state index contributed by atoms with van der Waals surface area (Å²) >= 11 is 0. The van der Waals surface area contributed by atoms with E-state index in [0.717, 1.165) is 0 Å². The molecule has 3 N–H and O–H groups in total. The third kappa shape index (κ3) is 3.92. The van der Waals surface area contributed by atoms with Crippen molar-refractivity contribution >= 4 is 17.8 Å². The summed E-state index contributed by atoms with van der Waals surface area (Å²) in [6.45, 7) is 1.68. The number of phenols is 1. The zero-order valence-corrected chi connectivity index (χ0v) is 14.3. The second-order valence-electron chi connectivity index (χ2n) is 6.09. The van der Waals surface area contributed by atoms with E-state index in [0.29, 0.717) is 12.0 Å². The molecule has 0 aromatic heterocycles. The van der Waals surface area contributed by atoms with Gasteiger partial charge >= 0.3 is 11.9 Å². The summed E-state index contributed by atoms with van der Waals surface area (Å²) in [7, 11) is 0. The smallest absolute Gasteiger partial charge is 0.342 e. The van der Waals surface area contributed by atoms with Crippen molar-refractivity contribution in [1.29, 1.82) is 0 Å². The first-order valence-electron chi connectivity index (χ1n) is 10.6. The molecule has 0 unspecified atom stereocenters. The number of carbonyl (C=O) groups is 3. The number of aliphatic carboxylic acids is 1. The summed E-state index contributed by atoms with van der Waals surface area (Å²) in [5.41, 5.74) is -0.330.